The lowest BCUT2D eigenvalue weighted by Crippen LogP contribution is -2.46. The molecule has 106 valence electrons. The van der Waals surface area contributed by atoms with Crippen LogP contribution in [-0.2, 0) is 4.79 Å². The van der Waals surface area contributed by atoms with E-state index in [1.54, 1.807) is 11.8 Å². The first-order valence-corrected chi connectivity index (χ1v) is 8.61. The highest BCUT2D eigenvalue weighted by Crippen LogP contribution is 2.27. The van der Waals surface area contributed by atoms with E-state index in [1.165, 1.54) is 25.7 Å². The molecule has 0 saturated heterocycles. The number of hydrogen-bond acceptors (Lipinski definition) is 3. The highest BCUT2D eigenvalue weighted by atomic mass is 32.2. The molecule has 0 aromatic rings. The first kappa shape index (κ1) is 15.8. The van der Waals surface area contributed by atoms with Gasteiger partial charge in [-0.3, -0.25) is 4.79 Å². The molecule has 18 heavy (non-hydrogen) atoms. The van der Waals surface area contributed by atoms with Crippen LogP contribution in [0.4, 0.5) is 0 Å². The Bertz CT molecular complexity index is 240. The van der Waals surface area contributed by atoms with Crippen LogP contribution in [0.5, 0.6) is 0 Å². The fraction of sp³-hybridized carbons (Fsp3) is 0.929. The van der Waals surface area contributed by atoms with Crippen LogP contribution in [0.2, 0.25) is 0 Å². The summed E-state index contributed by atoms with van der Waals surface area (Å²) < 4.78 is 0. The van der Waals surface area contributed by atoms with E-state index < -0.39 is 0 Å². The third-order valence-electron chi connectivity index (χ3n) is 3.86. The smallest absolute Gasteiger partial charge is 0.237 e. The quantitative estimate of drug-likeness (QED) is 0.749. The summed E-state index contributed by atoms with van der Waals surface area (Å²) in [4.78, 5) is 11.9. The van der Waals surface area contributed by atoms with E-state index in [9.17, 15) is 4.79 Å². The average Bonchev–Trinajstić information content (AvgIpc) is 2.38. The molecule has 0 bridgehead atoms. The van der Waals surface area contributed by atoms with Gasteiger partial charge in [0.2, 0.25) is 5.91 Å². The van der Waals surface area contributed by atoms with Gasteiger partial charge in [-0.25, -0.2) is 0 Å². The largest absolute Gasteiger partial charge is 0.352 e. The predicted molar refractivity (Wildman–Crippen MR) is 79.8 cm³/mol. The lowest BCUT2D eigenvalue weighted by Gasteiger charge is -2.29. The van der Waals surface area contributed by atoms with Gasteiger partial charge in [-0.15, -0.1) is 0 Å². The van der Waals surface area contributed by atoms with E-state index >= 15 is 0 Å². The van der Waals surface area contributed by atoms with Crippen molar-refractivity contribution in [3.63, 3.8) is 0 Å². The van der Waals surface area contributed by atoms with Gasteiger partial charge in [0.1, 0.15) is 0 Å². The van der Waals surface area contributed by atoms with Crippen molar-refractivity contribution in [2.75, 3.05) is 12.0 Å². The van der Waals surface area contributed by atoms with Crippen molar-refractivity contribution in [1.29, 1.82) is 0 Å². The van der Waals surface area contributed by atoms with E-state index in [-0.39, 0.29) is 11.9 Å². The van der Waals surface area contributed by atoms with Gasteiger partial charge in [0.15, 0.2) is 0 Å². The lowest BCUT2D eigenvalue weighted by atomic mass is 9.83. The Hall–Kier alpha value is -0.220. The van der Waals surface area contributed by atoms with Gasteiger partial charge in [-0.2, -0.15) is 11.8 Å². The van der Waals surface area contributed by atoms with E-state index in [0.29, 0.717) is 6.04 Å². The molecule has 0 aromatic heterocycles. The van der Waals surface area contributed by atoms with Crippen LogP contribution >= 0.6 is 11.8 Å². The van der Waals surface area contributed by atoms with Crippen LogP contribution in [0.3, 0.4) is 0 Å². The SMILES string of the molecule is CCCC1CCC(NC(=O)[C@H](N)CCSC)CC1. The molecule has 0 aromatic carbocycles. The molecule has 1 rings (SSSR count). The summed E-state index contributed by atoms with van der Waals surface area (Å²) in [5.74, 6) is 1.88. The number of carbonyl (C=O) groups excluding carboxylic acids is 1. The standard InChI is InChI=1S/C14H28N2OS/c1-3-4-11-5-7-12(8-6-11)16-14(17)13(15)9-10-18-2/h11-13H,3-10,15H2,1-2H3,(H,16,17)/t11?,12?,13-/m1/s1. The molecule has 0 heterocycles. The Morgan fingerprint density at radius 1 is 1.39 bits per heavy atom. The Morgan fingerprint density at radius 3 is 2.61 bits per heavy atom. The molecular weight excluding hydrogens is 244 g/mol. The molecular formula is C14H28N2OS. The van der Waals surface area contributed by atoms with Crippen molar-refractivity contribution in [1.82, 2.24) is 5.32 Å². The van der Waals surface area contributed by atoms with Gasteiger partial charge in [-0.1, -0.05) is 19.8 Å². The number of amides is 1. The zero-order valence-electron chi connectivity index (χ0n) is 11.8. The van der Waals surface area contributed by atoms with Gasteiger partial charge >= 0.3 is 0 Å². The molecule has 0 radical (unpaired) electrons. The third kappa shape index (κ3) is 5.61. The van der Waals surface area contributed by atoms with Crippen molar-refractivity contribution in [3.05, 3.63) is 0 Å². The second-order valence-electron chi connectivity index (χ2n) is 5.40. The maximum absolute atomic E-state index is 11.9. The Labute approximate surface area is 116 Å². The number of thioether (sulfide) groups is 1. The van der Waals surface area contributed by atoms with E-state index in [4.69, 9.17) is 5.73 Å². The number of rotatable bonds is 7. The summed E-state index contributed by atoms with van der Waals surface area (Å²) >= 11 is 1.74. The Balaban J connectivity index is 2.21. The number of carbonyl (C=O) groups is 1. The summed E-state index contributed by atoms with van der Waals surface area (Å²) in [7, 11) is 0. The zero-order chi connectivity index (χ0) is 13.4. The van der Waals surface area contributed by atoms with Gasteiger partial charge in [-0.05, 0) is 50.0 Å². The van der Waals surface area contributed by atoms with E-state index in [0.717, 1.165) is 30.9 Å². The maximum Gasteiger partial charge on any atom is 0.237 e. The summed E-state index contributed by atoms with van der Waals surface area (Å²) in [6.45, 7) is 2.25. The predicted octanol–water partition coefficient (Wildman–Crippen LogP) is 2.54. The minimum atomic E-state index is -0.328. The second kappa shape index (κ2) is 8.81. The highest BCUT2D eigenvalue weighted by Gasteiger charge is 2.23. The van der Waals surface area contributed by atoms with E-state index in [2.05, 4.69) is 12.2 Å². The number of hydrogen-bond donors (Lipinski definition) is 2. The molecule has 0 aliphatic heterocycles. The fourth-order valence-electron chi connectivity index (χ4n) is 2.69. The molecule has 1 aliphatic rings. The second-order valence-corrected chi connectivity index (χ2v) is 6.39. The number of nitrogens with two attached hydrogens (primary N) is 1. The van der Waals surface area contributed by atoms with Crippen LogP contribution in [0.15, 0.2) is 0 Å². The molecule has 0 spiro atoms. The van der Waals surface area contributed by atoms with Gasteiger partial charge in [0, 0.05) is 6.04 Å². The van der Waals surface area contributed by atoms with Crippen molar-refractivity contribution < 1.29 is 4.79 Å². The molecule has 1 saturated carbocycles. The molecule has 3 N–H and O–H groups in total. The monoisotopic (exact) mass is 272 g/mol. The van der Waals surface area contributed by atoms with Crippen molar-refractivity contribution in [2.45, 2.75) is 64.0 Å². The third-order valence-corrected chi connectivity index (χ3v) is 4.50. The normalized spacial score (nSPS) is 25.7. The van der Waals surface area contributed by atoms with Gasteiger partial charge in [0.25, 0.3) is 0 Å². The van der Waals surface area contributed by atoms with E-state index in [1.807, 2.05) is 6.26 Å². The molecule has 1 amide bonds. The highest BCUT2D eigenvalue weighted by molar-refractivity contribution is 7.98. The summed E-state index contributed by atoms with van der Waals surface area (Å²) in [6, 6.07) is 0.0387. The zero-order valence-corrected chi connectivity index (χ0v) is 12.6. The van der Waals surface area contributed by atoms with Crippen LogP contribution in [0.1, 0.15) is 51.9 Å². The summed E-state index contributed by atoms with van der Waals surface area (Å²) in [6.07, 6.45) is 10.2. The maximum atomic E-state index is 11.9. The van der Waals surface area contributed by atoms with Gasteiger partial charge < -0.3 is 11.1 Å². The molecule has 1 atom stereocenters. The first-order chi connectivity index (χ1) is 8.67. The fourth-order valence-corrected chi connectivity index (χ4v) is 3.18. The Kier molecular flexibility index (Phi) is 7.75. The topological polar surface area (TPSA) is 55.1 Å². The van der Waals surface area contributed by atoms with Crippen molar-refractivity contribution in [2.24, 2.45) is 11.7 Å². The minimum absolute atomic E-state index is 0.0444. The van der Waals surface area contributed by atoms with Crippen LogP contribution in [-0.4, -0.2) is 30.0 Å². The molecule has 3 nitrogen and oxygen atoms in total. The van der Waals surface area contributed by atoms with Crippen molar-refractivity contribution in [3.8, 4) is 0 Å². The van der Waals surface area contributed by atoms with Crippen LogP contribution in [0.25, 0.3) is 0 Å². The molecule has 1 aliphatic carbocycles. The molecule has 1 fully saturated rings. The number of nitrogens with one attached hydrogen (secondary N) is 1. The summed E-state index contributed by atoms with van der Waals surface area (Å²) in [5, 5.41) is 3.12. The molecule has 0 unspecified atom stereocenters. The summed E-state index contributed by atoms with van der Waals surface area (Å²) in [5.41, 5.74) is 5.87. The average molecular weight is 272 g/mol. The molecule has 4 heteroatoms. The lowest BCUT2D eigenvalue weighted by molar-refractivity contribution is -0.123. The van der Waals surface area contributed by atoms with Gasteiger partial charge in [0.05, 0.1) is 6.04 Å². The van der Waals surface area contributed by atoms with Crippen LogP contribution < -0.4 is 11.1 Å². The first-order valence-electron chi connectivity index (χ1n) is 7.22. The minimum Gasteiger partial charge on any atom is -0.352 e. The Morgan fingerprint density at radius 2 is 2.06 bits per heavy atom. The van der Waals surface area contributed by atoms with Crippen LogP contribution in [0, 0.1) is 5.92 Å². The van der Waals surface area contributed by atoms with Crippen molar-refractivity contribution >= 4 is 17.7 Å².